The maximum Gasteiger partial charge on any atom is 0.323 e. The van der Waals surface area contributed by atoms with Crippen molar-refractivity contribution < 1.29 is 14.3 Å². The molecule has 0 radical (unpaired) electrons. The van der Waals surface area contributed by atoms with Crippen LogP contribution < -0.4 is 5.32 Å². The van der Waals surface area contributed by atoms with Crippen molar-refractivity contribution in [2.45, 2.75) is 31.3 Å². The highest BCUT2D eigenvalue weighted by Gasteiger charge is 2.44. The Bertz CT molecular complexity index is 650. The molecule has 2 N–H and O–H groups in total. The van der Waals surface area contributed by atoms with Crippen LogP contribution in [0.25, 0.3) is 11.5 Å². The fourth-order valence-electron chi connectivity index (χ4n) is 2.28. The number of carboxylic acid groups (broad SMARTS) is 1. The van der Waals surface area contributed by atoms with Gasteiger partial charge in [0.05, 0.1) is 6.54 Å². The van der Waals surface area contributed by atoms with E-state index < -0.39 is 11.5 Å². The summed E-state index contributed by atoms with van der Waals surface area (Å²) in [6.45, 7) is 0.243. The third-order valence-corrected chi connectivity index (χ3v) is 4.00. The van der Waals surface area contributed by atoms with Crippen LogP contribution in [0.15, 0.2) is 28.7 Å². The summed E-state index contributed by atoms with van der Waals surface area (Å²) >= 11 is 5.82. The summed E-state index contributed by atoms with van der Waals surface area (Å²) < 4.78 is 5.53. The molecule has 110 valence electrons. The maximum atomic E-state index is 11.2. The molecule has 0 unspecified atom stereocenters. The molecular formula is C14H14ClN3O3. The molecule has 3 rings (SSSR count). The number of rotatable bonds is 5. The standard InChI is InChI=1S/C14H14ClN3O3/c15-10-4-2-9(3-5-10)12-18-17-11(21-12)8-16-14(13(19)20)6-1-7-14/h2-5,16H,1,6-8H2,(H,19,20). The fraction of sp³-hybridized carbons (Fsp3) is 0.357. The van der Waals surface area contributed by atoms with Gasteiger partial charge in [-0.1, -0.05) is 11.6 Å². The van der Waals surface area contributed by atoms with Crippen molar-refractivity contribution in [1.82, 2.24) is 15.5 Å². The molecule has 0 bridgehead atoms. The summed E-state index contributed by atoms with van der Waals surface area (Å²) in [4.78, 5) is 11.2. The lowest BCUT2D eigenvalue weighted by Gasteiger charge is -2.38. The summed E-state index contributed by atoms with van der Waals surface area (Å²) in [5.74, 6) is -0.0693. The number of nitrogens with one attached hydrogen (secondary N) is 1. The Kier molecular flexibility index (Phi) is 3.65. The maximum absolute atomic E-state index is 11.2. The summed E-state index contributed by atoms with van der Waals surface area (Å²) in [5.41, 5.74) is -0.0655. The largest absolute Gasteiger partial charge is 0.480 e. The molecule has 0 atom stereocenters. The number of benzene rings is 1. The zero-order chi connectivity index (χ0) is 14.9. The van der Waals surface area contributed by atoms with Crippen molar-refractivity contribution in [3.8, 4) is 11.5 Å². The van der Waals surface area contributed by atoms with E-state index in [-0.39, 0.29) is 6.54 Å². The van der Waals surface area contributed by atoms with Gasteiger partial charge in [0, 0.05) is 10.6 Å². The van der Waals surface area contributed by atoms with Crippen molar-refractivity contribution in [3.63, 3.8) is 0 Å². The first-order valence-electron chi connectivity index (χ1n) is 6.66. The first-order valence-corrected chi connectivity index (χ1v) is 7.04. The molecule has 0 aliphatic heterocycles. The van der Waals surface area contributed by atoms with E-state index in [0.29, 0.717) is 29.6 Å². The second kappa shape index (κ2) is 5.46. The van der Waals surface area contributed by atoms with Crippen LogP contribution in [0.1, 0.15) is 25.2 Å². The molecule has 1 aromatic heterocycles. The molecule has 21 heavy (non-hydrogen) atoms. The molecule has 0 saturated heterocycles. The minimum Gasteiger partial charge on any atom is -0.480 e. The van der Waals surface area contributed by atoms with Gasteiger partial charge in [-0.05, 0) is 43.5 Å². The Morgan fingerprint density at radius 3 is 2.62 bits per heavy atom. The molecule has 1 saturated carbocycles. The minimum absolute atomic E-state index is 0.243. The smallest absolute Gasteiger partial charge is 0.323 e. The first kappa shape index (κ1) is 14.0. The lowest BCUT2D eigenvalue weighted by atomic mass is 9.77. The highest BCUT2D eigenvalue weighted by Crippen LogP contribution is 2.32. The summed E-state index contributed by atoms with van der Waals surface area (Å²) in [6.07, 6.45) is 2.17. The summed E-state index contributed by atoms with van der Waals surface area (Å²) in [7, 11) is 0. The van der Waals surface area contributed by atoms with E-state index >= 15 is 0 Å². The van der Waals surface area contributed by atoms with Crippen LogP contribution >= 0.6 is 11.6 Å². The molecule has 1 aromatic carbocycles. The molecular weight excluding hydrogens is 294 g/mol. The van der Waals surface area contributed by atoms with Crippen molar-refractivity contribution in [2.75, 3.05) is 0 Å². The van der Waals surface area contributed by atoms with Crippen molar-refractivity contribution in [2.24, 2.45) is 0 Å². The average Bonchev–Trinajstić information content (AvgIpc) is 2.87. The number of carboxylic acids is 1. The van der Waals surface area contributed by atoms with Crippen LogP contribution in [0.4, 0.5) is 0 Å². The lowest BCUT2D eigenvalue weighted by Crippen LogP contribution is -2.56. The van der Waals surface area contributed by atoms with Gasteiger partial charge in [-0.25, -0.2) is 0 Å². The van der Waals surface area contributed by atoms with E-state index in [2.05, 4.69) is 15.5 Å². The summed E-state index contributed by atoms with van der Waals surface area (Å²) in [5, 5.41) is 20.8. The monoisotopic (exact) mass is 307 g/mol. The van der Waals surface area contributed by atoms with Crippen molar-refractivity contribution >= 4 is 17.6 Å². The molecule has 7 heteroatoms. The third kappa shape index (κ3) is 2.77. The van der Waals surface area contributed by atoms with Crippen LogP contribution in [-0.2, 0) is 11.3 Å². The van der Waals surface area contributed by atoms with Gasteiger partial charge in [-0.2, -0.15) is 0 Å². The predicted molar refractivity (Wildman–Crippen MR) is 75.8 cm³/mol. The Morgan fingerprint density at radius 2 is 2.05 bits per heavy atom. The molecule has 2 aromatic rings. The number of aliphatic carboxylic acids is 1. The molecule has 1 heterocycles. The fourth-order valence-corrected chi connectivity index (χ4v) is 2.40. The van der Waals surface area contributed by atoms with Crippen LogP contribution in [0.2, 0.25) is 5.02 Å². The van der Waals surface area contributed by atoms with Gasteiger partial charge in [0.15, 0.2) is 0 Å². The van der Waals surface area contributed by atoms with Gasteiger partial charge >= 0.3 is 5.97 Å². The quantitative estimate of drug-likeness (QED) is 0.882. The van der Waals surface area contributed by atoms with E-state index in [9.17, 15) is 9.90 Å². The zero-order valence-corrected chi connectivity index (χ0v) is 11.9. The Morgan fingerprint density at radius 1 is 1.33 bits per heavy atom. The number of aromatic nitrogens is 2. The number of nitrogens with zero attached hydrogens (tertiary/aromatic N) is 2. The normalized spacial score (nSPS) is 16.4. The van der Waals surface area contributed by atoms with E-state index in [4.69, 9.17) is 16.0 Å². The topological polar surface area (TPSA) is 88.2 Å². The van der Waals surface area contributed by atoms with E-state index in [0.717, 1.165) is 12.0 Å². The Balaban J connectivity index is 1.68. The van der Waals surface area contributed by atoms with E-state index in [1.54, 1.807) is 24.3 Å². The second-order valence-corrected chi connectivity index (χ2v) is 5.54. The molecule has 1 aliphatic rings. The summed E-state index contributed by atoms with van der Waals surface area (Å²) in [6, 6.07) is 7.06. The molecule has 0 amide bonds. The highest BCUT2D eigenvalue weighted by atomic mass is 35.5. The van der Waals surface area contributed by atoms with Gasteiger partial charge in [0.2, 0.25) is 11.8 Å². The van der Waals surface area contributed by atoms with Gasteiger partial charge in [-0.15, -0.1) is 10.2 Å². The van der Waals surface area contributed by atoms with Crippen LogP contribution in [0.5, 0.6) is 0 Å². The number of hydrogen-bond donors (Lipinski definition) is 2. The average molecular weight is 308 g/mol. The van der Waals surface area contributed by atoms with Crippen molar-refractivity contribution in [1.29, 1.82) is 0 Å². The number of hydrogen-bond acceptors (Lipinski definition) is 5. The van der Waals surface area contributed by atoms with Gasteiger partial charge < -0.3 is 9.52 Å². The van der Waals surface area contributed by atoms with Gasteiger partial charge in [0.1, 0.15) is 5.54 Å². The molecule has 1 aliphatic carbocycles. The van der Waals surface area contributed by atoms with Crippen LogP contribution in [-0.4, -0.2) is 26.8 Å². The van der Waals surface area contributed by atoms with Gasteiger partial charge in [0.25, 0.3) is 0 Å². The zero-order valence-electron chi connectivity index (χ0n) is 11.2. The molecule has 6 nitrogen and oxygen atoms in total. The molecule has 0 spiro atoms. The Labute approximate surface area is 126 Å². The van der Waals surface area contributed by atoms with E-state index in [1.165, 1.54) is 0 Å². The Hall–Kier alpha value is -1.92. The number of carbonyl (C=O) groups is 1. The second-order valence-electron chi connectivity index (χ2n) is 5.10. The minimum atomic E-state index is -0.838. The van der Waals surface area contributed by atoms with Crippen LogP contribution in [0.3, 0.4) is 0 Å². The lowest BCUT2D eigenvalue weighted by molar-refractivity contribution is -0.149. The van der Waals surface area contributed by atoms with Crippen molar-refractivity contribution in [3.05, 3.63) is 35.2 Å². The number of halogens is 1. The van der Waals surface area contributed by atoms with Gasteiger partial charge in [-0.3, -0.25) is 10.1 Å². The molecule has 1 fully saturated rings. The highest BCUT2D eigenvalue weighted by molar-refractivity contribution is 6.30. The third-order valence-electron chi connectivity index (χ3n) is 3.75. The predicted octanol–water partition coefficient (Wildman–Crippen LogP) is 2.49. The van der Waals surface area contributed by atoms with E-state index in [1.807, 2.05) is 0 Å². The first-order chi connectivity index (χ1) is 10.1. The SMILES string of the molecule is O=C(O)C1(NCc2nnc(-c3ccc(Cl)cc3)o2)CCC1. The van der Waals surface area contributed by atoms with Crippen LogP contribution in [0, 0.1) is 0 Å².